The van der Waals surface area contributed by atoms with Crippen LogP contribution in [0.2, 0.25) is 0 Å². The van der Waals surface area contributed by atoms with Gasteiger partial charge in [0, 0.05) is 5.69 Å². The number of carbonyl (C=O) groups is 1. The summed E-state index contributed by atoms with van der Waals surface area (Å²) in [5.41, 5.74) is 2.54. The van der Waals surface area contributed by atoms with E-state index in [9.17, 15) is 9.18 Å². The highest BCUT2D eigenvalue weighted by molar-refractivity contribution is 5.91. The Balaban J connectivity index is 1.57. The second-order valence-corrected chi connectivity index (χ2v) is 5.27. The summed E-state index contributed by atoms with van der Waals surface area (Å²) in [5, 5.41) is 5.94. The number of amides is 1. The van der Waals surface area contributed by atoms with Crippen molar-refractivity contribution in [3.8, 4) is 0 Å². The molecule has 5 heteroatoms. The molecule has 0 saturated carbocycles. The van der Waals surface area contributed by atoms with Crippen LogP contribution in [0.15, 0.2) is 72.9 Å². The van der Waals surface area contributed by atoms with Crippen molar-refractivity contribution in [2.45, 2.75) is 6.42 Å². The average molecular weight is 321 g/mol. The number of anilines is 3. The highest BCUT2D eigenvalue weighted by Crippen LogP contribution is 2.16. The van der Waals surface area contributed by atoms with Crippen LogP contribution < -0.4 is 10.6 Å². The largest absolute Gasteiger partial charge is 0.354 e. The Morgan fingerprint density at radius 1 is 0.917 bits per heavy atom. The van der Waals surface area contributed by atoms with E-state index in [1.54, 1.807) is 24.4 Å². The minimum absolute atomic E-state index is 0.173. The van der Waals surface area contributed by atoms with Crippen LogP contribution in [-0.4, -0.2) is 10.9 Å². The van der Waals surface area contributed by atoms with Crippen LogP contribution in [0, 0.1) is 5.82 Å². The van der Waals surface area contributed by atoms with E-state index >= 15 is 0 Å². The van der Waals surface area contributed by atoms with Gasteiger partial charge >= 0.3 is 0 Å². The first kappa shape index (κ1) is 15.7. The van der Waals surface area contributed by atoms with E-state index in [0.717, 1.165) is 16.9 Å². The van der Waals surface area contributed by atoms with Crippen LogP contribution in [-0.2, 0) is 11.2 Å². The maximum atomic E-state index is 12.8. The van der Waals surface area contributed by atoms with Gasteiger partial charge in [0.25, 0.3) is 0 Å². The quantitative estimate of drug-likeness (QED) is 0.742. The lowest BCUT2D eigenvalue weighted by molar-refractivity contribution is -0.115. The molecule has 2 N–H and O–H groups in total. The summed E-state index contributed by atoms with van der Waals surface area (Å²) in [6.45, 7) is 0. The summed E-state index contributed by atoms with van der Waals surface area (Å²) in [7, 11) is 0. The van der Waals surface area contributed by atoms with Gasteiger partial charge in [-0.3, -0.25) is 4.79 Å². The van der Waals surface area contributed by atoms with Crippen molar-refractivity contribution in [1.29, 1.82) is 0 Å². The summed E-state index contributed by atoms with van der Waals surface area (Å²) in [5.74, 6) is -0.0408. The van der Waals surface area contributed by atoms with Gasteiger partial charge in [0.15, 0.2) is 0 Å². The summed E-state index contributed by atoms with van der Waals surface area (Å²) in [4.78, 5) is 16.2. The van der Waals surface area contributed by atoms with Crippen molar-refractivity contribution in [2.24, 2.45) is 0 Å². The number of benzene rings is 2. The number of para-hydroxylation sites is 1. The topological polar surface area (TPSA) is 54.0 Å². The number of hydrogen-bond acceptors (Lipinski definition) is 3. The molecule has 24 heavy (non-hydrogen) atoms. The second-order valence-electron chi connectivity index (χ2n) is 5.27. The Labute approximate surface area is 139 Å². The Morgan fingerprint density at radius 2 is 1.67 bits per heavy atom. The van der Waals surface area contributed by atoms with Gasteiger partial charge in [-0.25, -0.2) is 9.37 Å². The molecule has 3 aromatic rings. The molecule has 120 valence electrons. The third-order valence-electron chi connectivity index (χ3n) is 3.37. The SMILES string of the molecule is O=C(Cc1ccc(F)cc1)Nc1ccc(Nc2ccccc2)cn1. The smallest absolute Gasteiger partial charge is 0.229 e. The fraction of sp³-hybridized carbons (Fsp3) is 0.0526. The normalized spacial score (nSPS) is 10.2. The lowest BCUT2D eigenvalue weighted by Crippen LogP contribution is -2.15. The Kier molecular flexibility index (Phi) is 4.81. The molecule has 1 heterocycles. The molecular weight excluding hydrogens is 305 g/mol. The molecule has 0 unspecified atom stereocenters. The molecule has 0 spiro atoms. The number of halogens is 1. The molecule has 3 rings (SSSR count). The summed E-state index contributed by atoms with van der Waals surface area (Å²) in [6, 6.07) is 19.2. The van der Waals surface area contributed by atoms with Crippen LogP contribution >= 0.6 is 0 Å². The summed E-state index contributed by atoms with van der Waals surface area (Å²) >= 11 is 0. The molecule has 2 aromatic carbocycles. The molecule has 0 aliphatic rings. The number of pyridine rings is 1. The van der Waals surface area contributed by atoms with E-state index in [2.05, 4.69) is 15.6 Å². The molecule has 0 aliphatic carbocycles. The minimum atomic E-state index is -0.317. The van der Waals surface area contributed by atoms with Crippen LogP contribution in [0.25, 0.3) is 0 Å². The van der Waals surface area contributed by atoms with Crippen LogP contribution in [0.4, 0.5) is 21.6 Å². The molecule has 1 amide bonds. The Morgan fingerprint density at radius 3 is 2.33 bits per heavy atom. The minimum Gasteiger partial charge on any atom is -0.354 e. The number of hydrogen-bond donors (Lipinski definition) is 2. The van der Waals surface area contributed by atoms with Crippen molar-refractivity contribution in [3.05, 3.63) is 84.3 Å². The highest BCUT2D eigenvalue weighted by Gasteiger charge is 2.05. The Bertz CT molecular complexity index is 802. The van der Waals surface area contributed by atoms with Gasteiger partial charge in [-0.2, -0.15) is 0 Å². The van der Waals surface area contributed by atoms with Crippen LogP contribution in [0.3, 0.4) is 0 Å². The van der Waals surface area contributed by atoms with Gasteiger partial charge in [0.2, 0.25) is 5.91 Å². The van der Waals surface area contributed by atoms with Gasteiger partial charge in [0.1, 0.15) is 11.6 Å². The molecule has 0 atom stereocenters. The molecule has 0 radical (unpaired) electrons. The van der Waals surface area contributed by atoms with E-state index in [1.807, 2.05) is 36.4 Å². The van der Waals surface area contributed by atoms with Crippen molar-refractivity contribution in [3.63, 3.8) is 0 Å². The number of rotatable bonds is 5. The highest BCUT2D eigenvalue weighted by atomic mass is 19.1. The van der Waals surface area contributed by atoms with Crippen molar-refractivity contribution in [2.75, 3.05) is 10.6 Å². The second kappa shape index (κ2) is 7.37. The predicted octanol–water partition coefficient (Wildman–Crippen LogP) is 4.15. The molecule has 0 saturated heterocycles. The van der Waals surface area contributed by atoms with E-state index in [4.69, 9.17) is 0 Å². The fourth-order valence-corrected chi connectivity index (χ4v) is 2.20. The predicted molar refractivity (Wildman–Crippen MR) is 92.7 cm³/mol. The van der Waals surface area contributed by atoms with Crippen LogP contribution in [0.5, 0.6) is 0 Å². The zero-order valence-electron chi connectivity index (χ0n) is 12.9. The van der Waals surface area contributed by atoms with Crippen molar-refractivity contribution < 1.29 is 9.18 Å². The summed E-state index contributed by atoms with van der Waals surface area (Å²) < 4.78 is 12.8. The first-order valence-electron chi connectivity index (χ1n) is 7.51. The molecule has 0 aliphatic heterocycles. The number of carbonyl (C=O) groups excluding carboxylic acids is 1. The monoisotopic (exact) mass is 321 g/mol. The lowest BCUT2D eigenvalue weighted by Gasteiger charge is -2.08. The number of aromatic nitrogens is 1. The number of nitrogens with zero attached hydrogens (tertiary/aromatic N) is 1. The van der Waals surface area contributed by atoms with Gasteiger partial charge in [-0.05, 0) is 42.0 Å². The third kappa shape index (κ3) is 4.39. The maximum absolute atomic E-state index is 12.8. The molecule has 4 nitrogen and oxygen atoms in total. The summed E-state index contributed by atoms with van der Waals surface area (Å²) in [6.07, 6.45) is 1.83. The zero-order valence-corrected chi connectivity index (χ0v) is 12.9. The Hall–Kier alpha value is -3.21. The molecule has 0 fully saturated rings. The lowest BCUT2D eigenvalue weighted by atomic mass is 10.1. The van der Waals surface area contributed by atoms with E-state index in [0.29, 0.717) is 5.82 Å². The van der Waals surface area contributed by atoms with Crippen molar-refractivity contribution >= 4 is 23.1 Å². The first-order chi connectivity index (χ1) is 11.7. The maximum Gasteiger partial charge on any atom is 0.229 e. The van der Waals surface area contributed by atoms with Gasteiger partial charge in [0.05, 0.1) is 18.3 Å². The first-order valence-corrected chi connectivity index (χ1v) is 7.51. The van der Waals surface area contributed by atoms with E-state index in [-0.39, 0.29) is 18.1 Å². The molecule has 1 aromatic heterocycles. The molecular formula is C19H16FN3O. The van der Waals surface area contributed by atoms with Gasteiger partial charge < -0.3 is 10.6 Å². The zero-order chi connectivity index (χ0) is 16.8. The van der Waals surface area contributed by atoms with Crippen molar-refractivity contribution in [1.82, 2.24) is 4.98 Å². The van der Waals surface area contributed by atoms with Gasteiger partial charge in [-0.15, -0.1) is 0 Å². The van der Waals surface area contributed by atoms with Crippen LogP contribution in [0.1, 0.15) is 5.56 Å². The fourth-order valence-electron chi connectivity index (χ4n) is 2.20. The van der Waals surface area contributed by atoms with E-state index < -0.39 is 0 Å². The van der Waals surface area contributed by atoms with Gasteiger partial charge in [-0.1, -0.05) is 30.3 Å². The third-order valence-corrected chi connectivity index (χ3v) is 3.37. The van der Waals surface area contributed by atoms with E-state index in [1.165, 1.54) is 12.1 Å². The standard InChI is InChI=1S/C19H16FN3O/c20-15-8-6-14(7-9-15)12-19(24)23-18-11-10-17(13-21-18)22-16-4-2-1-3-5-16/h1-11,13,22H,12H2,(H,21,23,24). The molecule has 0 bridgehead atoms. The average Bonchev–Trinajstić information content (AvgIpc) is 2.60. The number of nitrogens with one attached hydrogen (secondary N) is 2.